The molecule has 0 unspecified atom stereocenters. The van der Waals surface area contributed by atoms with Crippen LogP contribution in [0.3, 0.4) is 0 Å². The van der Waals surface area contributed by atoms with Crippen LogP contribution < -0.4 is 10.6 Å². The number of nitrogens with one attached hydrogen (secondary N) is 2. The van der Waals surface area contributed by atoms with Gasteiger partial charge in [0.1, 0.15) is 17.7 Å². The van der Waals surface area contributed by atoms with Gasteiger partial charge in [0.05, 0.1) is 17.4 Å². The third-order valence-corrected chi connectivity index (χ3v) is 5.82. The van der Waals surface area contributed by atoms with Crippen LogP contribution in [0.25, 0.3) is 5.65 Å². The standard InChI is InChI=1S/C22H24N8O2/c23-12-17-14-25-21-18(11-20(28-30(17)21)26-16-5-9-32-10-6-16)27-19-4-3-15(13-24-19)22(31)29-7-1-2-8-29/h3-4,11,13-14,16H,1-2,5-10H2,(H,24,27)(H,26,28). The Balaban J connectivity index is 1.40. The number of rotatable bonds is 5. The Kier molecular flexibility index (Phi) is 5.56. The summed E-state index contributed by atoms with van der Waals surface area (Å²) in [5.41, 5.74) is 2.12. The Morgan fingerprint density at radius 3 is 2.66 bits per heavy atom. The van der Waals surface area contributed by atoms with Gasteiger partial charge in [-0.3, -0.25) is 4.79 Å². The Bertz CT molecular complexity index is 1160. The lowest BCUT2D eigenvalue weighted by Crippen LogP contribution is -2.28. The molecule has 0 spiro atoms. The van der Waals surface area contributed by atoms with Gasteiger partial charge >= 0.3 is 0 Å². The number of nitriles is 1. The number of nitrogens with zero attached hydrogens (tertiary/aromatic N) is 6. The van der Waals surface area contributed by atoms with E-state index in [9.17, 15) is 10.1 Å². The van der Waals surface area contributed by atoms with Gasteiger partial charge in [-0.1, -0.05) is 0 Å². The Morgan fingerprint density at radius 1 is 1.12 bits per heavy atom. The molecule has 32 heavy (non-hydrogen) atoms. The number of anilines is 3. The van der Waals surface area contributed by atoms with E-state index < -0.39 is 0 Å². The maximum Gasteiger partial charge on any atom is 0.255 e. The van der Waals surface area contributed by atoms with E-state index in [1.165, 1.54) is 10.7 Å². The van der Waals surface area contributed by atoms with E-state index >= 15 is 0 Å². The quantitative estimate of drug-likeness (QED) is 0.631. The van der Waals surface area contributed by atoms with Crippen LogP contribution in [0, 0.1) is 11.3 Å². The summed E-state index contributed by atoms with van der Waals surface area (Å²) < 4.78 is 6.95. The van der Waals surface area contributed by atoms with Crippen molar-refractivity contribution in [1.82, 2.24) is 24.5 Å². The van der Waals surface area contributed by atoms with Gasteiger partial charge in [0, 0.05) is 44.6 Å². The molecule has 0 bridgehead atoms. The van der Waals surface area contributed by atoms with Gasteiger partial charge in [0.2, 0.25) is 0 Å². The first-order valence-corrected chi connectivity index (χ1v) is 10.9. The fourth-order valence-corrected chi connectivity index (χ4v) is 4.09. The number of carbonyl (C=O) groups excluding carboxylic acids is 1. The summed E-state index contributed by atoms with van der Waals surface area (Å²) in [5, 5.41) is 20.7. The Labute approximate surface area is 185 Å². The molecule has 0 atom stereocenters. The minimum absolute atomic E-state index is 0.0164. The number of carbonyl (C=O) groups is 1. The number of hydrogen-bond donors (Lipinski definition) is 2. The number of amides is 1. The summed E-state index contributed by atoms with van der Waals surface area (Å²) in [5.74, 6) is 1.24. The number of aromatic nitrogens is 4. The lowest BCUT2D eigenvalue weighted by Gasteiger charge is -2.23. The summed E-state index contributed by atoms with van der Waals surface area (Å²) in [6.45, 7) is 3.04. The van der Waals surface area contributed by atoms with Crippen LogP contribution in [-0.4, -0.2) is 62.7 Å². The van der Waals surface area contributed by atoms with Crippen molar-refractivity contribution in [3.05, 3.63) is 41.9 Å². The van der Waals surface area contributed by atoms with E-state index in [-0.39, 0.29) is 11.9 Å². The second-order valence-electron chi connectivity index (χ2n) is 8.02. The van der Waals surface area contributed by atoms with E-state index in [1.54, 1.807) is 18.3 Å². The number of ether oxygens (including phenoxy) is 1. The van der Waals surface area contributed by atoms with E-state index in [2.05, 4.69) is 31.8 Å². The van der Waals surface area contributed by atoms with Crippen molar-refractivity contribution in [2.45, 2.75) is 31.7 Å². The molecule has 2 N–H and O–H groups in total. The zero-order valence-corrected chi connectivity index (χ0v) is 17.6. The molecule has 0 saturated carbocycles. The van der Waals surface area contributed by atoms with Gasteiger partial charge in [0.15, 0.2) is 11.3 Å². The summed E-state index contributed by atoms with van der Waals surface area (Å²) in [4.78, 5) is 23.2. The van der Waals surface area contributed by atoms with Gasteiger partial charge in [0.25, 0.3) is 5.91 Å². The highest BCUT2D eigenvalue weighted by molar-refractivity contribution is 5.94. The largest absolute Gasteiger partial charge is 0.381 e. The first-order chi connectivity index (χ1) is 15.7. The van der Waals surface area contributed by atoms with Crippen molar-refractivity contribution in [3.63, 3.8) is 0 Å². The van der Waals surface area contributed by atoms with Crippen LogP contribution in [0.2, 0.25) is 0 Å². The third-order valence-electron chi connectivity index (χ3n) is 5.82. The normalized spacial score (nSPS) is 16.8. The summed E-state index contributed by atoms with van der Waals surface area (Å²) >= 11 is 0. The van der Waals surface area contributed by atoms with Gasteiger partial charge in [-0.25, -0.2) is 9.97 Å². The molecule has 0 aliphatic carbocycles. The molecule has 3 aromatic heterocycles. The number of likely N-dealkylation sites (tertiary alicyclic amines) is 1. The predicted molar refractivity (Wildman–Crippen MR) is 118 cm³/mol. The smallest absolute Gasteiger partial charge is 0.255 e. The highest BCUT2D eigenvalue weighted by atomic mass is 16.5. The molecule has 2 saturated heterocycles. The highest BCUT2D eigenvalue weighted by Crippen LogP contribution is 2.25. The lowest BCUT2D eigenvalue weighted by molar-refractivity contribution is 0.0792. The van der Waals surface area contributed by atoms with Crippen molar-refractivity contribution < 1.29 is 9.53 Å². The molecule has 0 radical (unpaired) electrons. The average Bonchev–Trinajstić information content (AvgIpc) is 3.50. The van der Waals surface area contributed by atoms with Gasteiger partial charge in [-0.2, -0.15) is 9.78 Å². The fourth-order valence-electron chi connectivity index (χ4n) is 4.09. The maximum absolute atomic E-state index is 12.6. The van der Waals surface area contributed by atoms with Crippen LogP contribution >= 0.6 is 0 Å². The molecule has 1 amide bonds. The lowest BCUT2D eigenvalue weighted by atomic mass is 10.1. The summed E-state index contributed by atoms with van der Waals surface area (Å²) in [6.07, 6.45) is 6.98. The number of hydrogen-bond acceptors (Lipinski definition) is 8. The summed E-state index contributed by atoms with van der Waals surface area (Å²) in [6, 6.07) is 7.80. The number of pyridine rings is 1. The third kappa shape index (κ3) is 4.07. The van der Waals surface area contributed by atoms with Gasteiger partial charge < -0.3 is 20.3 Å². The SMILES string of the molecule is N#Cc1cnc2c(Nc3ccc(C(=O)N4CCCC4)cn3)cc(NC3CCOCC3)nn12. The summed E-state index contributed by atoms with van der Waals surface area (Å²) in [7, 11) is 0. The molecule has 2 aliphatic rings. The van der Waals surface area contributed by atoms with E-state index in [0.29, 0.717) is 47.4 Å². The molecule has 3 aromatic rings. The maximum atomic E-state index is 12.6. The molecule has 10 heteroatoms. The van der Waals surface area contributed by atoms with Crippen molar-refractivity contribution in [3.8, 4) is 6.07 Å². The van der Waals surface area contributed by atoms with Crippen molar-refractivity contribution in [2.24, 2.45) is 0 Å². The monoisotopic (exact) mass is 432 g/mol. The van der Waals surface area contributed by atoms with Crippen molar-refractivity contribution in [2.75, 3.05) is 36.9 Å². The highest BCUT2D eigenvalue weighted by Gasteiger charge is 2.20. The molecule has 5 heterocycles. The molecular formula is C22H24N8O2. The number of imidazole rings is 1. The van der Waals surface area contributed by atoms with Crippen LogP contribution in [-0.2, 0) is 4.74 Å². The molecule has 5 rings (SSSR count). The minimum Gasteiger partial charge on any atom is -0.381 e. The predicted octanol–water partition coefficient (Wildman–Crippen LogP) is 2.57. The molecular weight excluding hydrogens is 408 g/mol. The first-order valence-electron chi connectivity index (χ1n) is 10.9. The van der Waals surface area contributed by atoms with E-state index in [1.807, 2.05) is 11.0 Å². The van der Waals surface area contributed by atoms with Crippen molar-refractivity contribution in [1.29, 1.82) is 5.26 Å². The zero-order valence-electron chi connectivity index (χ0n) is 17.6. The molecule has 2 aliphatic heterocycles. The van der Waals surface area contributed by atoms with E-state index in [4.69, 9.17) is 4.74 Å². The molecule has 0 aromatic carbocycles. The second kappa shape index (κ2) is 8.80. The second-order valence-corrected chi connectivity index (χ2v) is 8.02. The van der Waals surface area contributed by atoms with E-state index in [0.717, 1.165) is 38.8 Å². The Hall–Kier alpha value is -3.71. The van der Waals surface area contributed by atoms with Gasteiger partial charge in [-0.15, -0.1) is 5.10 Å². The zero-order chi connectivity index (χ0) is 21.9. The Morgan fingerprint density at radius 2 is 1.94 bits per heavy atom. The average molecular weight is 432 g/mol. The van der Waals surface area contributed by atoms with Crippen LogP contribution in [0.5, 0.6) is 0 Å². The van der Waals surface area contributed by atoms with Crippen LogP contribution in [0.1, 0.15) is 41.7 Å². The molecule has 10 nitrogen and oxygen atoms in total. The first kappa shape index (κ1) is 20.2. The van der Waals surface area contributed by atoms with Crippen LogP contribution in [0.15, 0.2) is 30.6 Å². The fraction of sp³-hybridized carbons (Fsp3) is 0.409. The topological polar surface area (TPSA) is 120 Å². The number of fused-ring (bicyclic) bond motifs is 1. The molecule has 2 fully saturated rings. The molecule has 164 valence electrons. The van der Waals surface area contributed by atoms with Gasteiger partial charge in [-0.05, 0) is 37.8 Å². The van der Waals surface area contributed by atoms with Crippen molar-refractivity contribution >= 4 is 28.9 Å². The van der Waals surface area contributed by atoms with Crippen LogP contribution in [0.4, 0.5) is 17.3 Å². The minimum atomic E-state index is 0.0164.